The van der Waals surface area contributed by atoms with Gasteiger partial charge >= 0.3 is 0 Å². The molecule has 2 unspecified atom stereocenters. The average molecular weight is 516 g/mol. The Morgan fingerprint density at radius 1 is 1.06 bits per heavy atom. The predicted molar refractivity (Wildman–Crippen MR) is 146 cm³/mol. The van der Waals surface area contributed by atoms with E-state index in [1.165, 1.54) is 32.1 Å². The third-order valence-corrected chi connectivity index (χ3v) is 7.72. The molecule has 1 aliphatic carbocycles. The van der Waals surface area contributed by atoms with E-state index in [2.05, 4.69) is 0 Å². The number of amides is 1. The van der Waals surface area contributed by atoms with Crippen molar-refractivity contribution in [3.63, 3.8) is 0 Å². The number of unbranched alkanes of at least 4 members (excludes halogenated alkanes) is 1. The summed E-state index contributed by atoms with van der Waals surface area (Å²) in [6, 6.07) is 13.3. The second kappa shape index (κ2) is 14.6. The normalized spacial score (nSPS) is 19.2. The number of aryl methyl sites for hydroxylation is 1. The van der Waals surface area contributed by atoms with Gasteiger partial charge in [0.15, 0.2) is 5.75 Å². The van der Waals surface area contributed by atoms with Gasteiger partial charge in [-0.1, -0.05) is 74.0 Å². The highest BCUT2D eigenvalue weighted by Crippen LogP contribution is 2.46. The van der Waals surface area contributed by atoms with Crippen molar-refractivity contribution >= 4 is 18.0 Å². The monoisotopic (exact) mass is 515 g/mol. The van der Waals surface area contributed by atoms with Crippen LogP contribution in [0.3, 0.4) is 0 Å². The summed E-state index contributed by atoms with van der Waals surface area (Å²) in [5.74, 6) is 1.08. The number of methoxy groups -OCH3 is 1. The molecule has 1 aliphatic heterocycles. The maximum absolute atomic E-state index is 12.2. The molecule has 36 heavy (non-hydrogen) atoms. The minimum Gasteiger partial charge on any atom is -0.455 e. The number of para-hydroxylation sites is 2. The van der Waals surface area contributed by atoms with Gasteiger partial charge in [-0.3, -0.25) is 4.79 Å². The van der Waals surface area contributed by atoms with Gasteiger partial charge in [0.1, 0.15) is 5.75 Å². The van der Waals surface area contributed by atoms with Crippen molar-refractivity contribution in [3.05, 3.63) is 58.6 Å². The summed E-state index contributed by atoms with van der Waals surface area (Å²) in [6.07, 6.45) is 12.2. The highest BCUT2D eigenvalue weighted by molar-refractivity contribution is 6.32. The molecule has 2 aliphatic rings. The maximum atomic E-state index is 12.2. The summed E-state index contributed by atoms with van der Waals surface area (Å²) in [5.41, 5.74) is 0.499. The van der Waals surface area contributed by atoms with Gasteiger partial charge in [-0.15, -0.1) is 0 Å². The maximum Gasteiger partial charge on any atom is 0.209 e. The van der Waals surface area contributed by atoms with Gasteiger partial charge in [-0.2, -0.15) is 0 Å². The van der Waals surface area contributed by atoms with Gasteiger partial charge in [0.2, 0.25) is 6.41 Å². The molecule has 0 spiro atoms. The molecule has 1 heterocycles. The molecule has 6 heteroatoms. The van der Waals surface area contributed by atoms with Gasteiger partial charge in [0, 0.05) is 38.3 Å². The van der Waals surface area contributed by atoms with Gasteiger partial charge in [-0.25, -0.2) is 0 Å². The van der Waals surface area contributed by atoms with E-state index in [0.717, 1.165) is 44.2 Å². The van der Waals surface area contributed by atoms with Crippen LogP contribution in [-0.2, 0) is 15.1 Å². The zero-order valence-corrected chi connectivity index (χ0v) is 22.6. The summed E-state index contributed by atoms with van der Waals surface area (Å²) in [4.78, 5) is 13.2. The van der Waals surface area contributed by atoms with Gasteiger partial charge in [0.05, 0.1) is 10.6 Å². The molecule has 1 amide bonds. The Balaban J connectivity index is 0.000000642. The Hall–Kier alpha value is -2.08. The molecule has 0 aromatic heterocycles. The van der Waals surface area contributed by atoms with Crippen molar-refractivity contribution in [2.45, 2.75) is 76.7 Å². The zero-order chi connectivity index (χ0) is 25.8. The van der Waals surface area contributed by atoms with Crippen LogP contribution in [0.2, 0.25) is 5.02 Å². The Labute approximate surface area is 221 Å². The quantitative estimate of drug-likeness (QED) is 0.267. The Bertz CT molecular complexity index is 941. The molecule has 4 rings (SSSR count). The number of halogens is 1. The first kappa shape index (κ1) is 28.5. The molecule has 0 bridgehead atoms. The van der Waals surface area contributed by atoms with E-state index in [1.54, 1.807) is 18.1 Å². The van der Waals surface area contributed by atoms with E-state index in [4.69, 9.17) is 21.1 Å². The largest absolute Gasteiger partial charge is 0.455 e. The molecular formula is C30H42ClNO4. The standard InChI is InChI=1S/C25H32ClNO4.C5H10/c1-19-9-3-4-13-23(19)31-24-21(11-7-12-22(24)26)25(29,14-5-6-16-30-2)20-10-8-15-27(17-20)18-28;1-2-4-5-3-1/h3-4,7,9,11-13,18,20,29H,5-6,8,10,14-17H2,1-2H3;1-5H2. The lowest BCUT2D eigenvalue weighted by molar-refractivity contribution is -0.123. The number of aliphatic hydroxyl groups is 1. The molecule has 0 radical (unpaired) electrons. The van der Waals surface area contributed by atoms with Crippen LogP contribution < -0.4 is 4.74 Å². The highest BCUT2D eigenvalue weighted by atomic mass is 35.5. The number of nitrogens with zero attached hydrogens (tertiary/aromatic N) is 1. The van der Waals surface area contributed by atoms with Crippen molar-refractivity contribution in [1.82, 2.24) is 4.90 Å². The lowest BCUT2D eigenvalue weighted by Crippen LogP contribution is -2.46. The van der Waals surface area contributed by atoms with Crippen LogP contribution in [0, 0.1) is 12.8 Å². The van der Waals surface area contributed by atoms with Crippen LogP contribution in [0.1, 0.15) is 75.3 Å². The zero-order valence-electron chi connectivity index (χ0n) is 21.9. The molecule has 1 saturated heterocycles. The fourth-order valence-electron chi connectivity index (χ4n) is 5.31. The number of benzene rings is 2. The van der Waals surface area contributed by atoms with Crippen LogP contribution in [0.4, 0.5) is 0 Å². The van der Waals surface area contributed by atoms with Gasteiger partial charge in [0.25, 0.3) is 0 Å². The fraction of sp³-hybridized carbons (Fsp3) is 0.567. The molecule has 5 nitrogen and oxygen atoms in total. The number of ether oxygens (including phenoxy) is 2. The predicted octanol–water partition coefficient (Wildman–Crippen LogP) is 7.26. The highest BCUT2D eigenvalue weighted by Gasteiger charge is 2.42. The average Bonchev–Trinajstić information content (AvgIpc) is 3.49. The minimum absolute atomic E-state index is 0.105. The van der Waals surface area contributed by atoms with Crippen LogP contribution in [0.25, 0.3) is 0 Å². The molecule has 2 atom stereocenters. The van der Waals surface area contributed by atoms with Crippen LogP contribution >= 0.6 is 11.6 Å². The number of piperidine rings is 1. The Morgan fingerprint density at radius 2 is 1.78 bits per heavy atom. The number of carbonyl (C=O) groups is 1. The SMILES string of the molecule is C1CCCC1.COCCCCC(O)(c1cccc(Cl)c1Oc1ccccc1C)C1CCCN(C=O)C1. The van der Waals surface area contributed by atoms with E-state index in [-0.39, 0.29) is 5.92 Å². The Kier molecular flexibility index (Phi) is 11.6. The number of rotatable bonds is 10. The lowest BCUT2D eigenvalue weighted by Gasteiger charge is -2.42. The second-order valence-corrected chi connectivity index (χ2v) is 10.5. The number of carbonyl (C=O) groups excluding carboxylic acids is 1. The lowest BCUT2D eigenvalue weighted by atomic mass is 9.73. The first-order chi connectivity index (χ1) is 17.5. The van der Waals surface area contributed by atoms with Crippen molar-refractivity contribution in [1.29, 1.82) is 0 Å². The number of hydrogen-bond donors (Lipinski definition) is 1. The van der Waals surface area contributed by atoms with Crippen LogP contribution in [-0.4, -0.2) is 43.2 Å². The summed E-state index contributed by atoms with van der Waals surface area (Å²) < 4.78 is 11.5. The topological polar surface area (TPSA) is 59.0 Å². The van der Waals surface area contributed by atoms with Crippen LogP contribution in [0.5, 0.6) is 11.5 Å². The molecule has 198 valence electrons. The fourth-order valence-corrected chi connectivity index (χ4v) is 5.52. The number of hydrogen-bond acceptors (Lipinski definition) is 4. The first-order valence-corrected chi connectivity index (χ1v) is 13.8. The summed E-state index contributed by atoms with van der Waals surface area (Å²) in [6.45, 7) is 3.86. The number of likely N-dealkylation sites (tertiary alicyclic amines) is 1. The summed E-state index contributed by atoms with van der Waals surface area (Å²) in [5, 5.41) is 12.6. The van der Waals surface area contributed by atoms with Crippen molar-refractivity contribution in [2.75, 3.05) is 26.8 Å². The minimum atomic E-state index is -1.17. The van der Waals surface area contributed by atoms with Crippen molar-refractivity contribution < 1.29 is 19.4 Å². The molecule has 2 fully saturated rings. The molecule has 2 aromatic rings. The molecule has 1 saturated carbocycles. The molecule has 2 aromatic carbocycles. The van der Waals surface area contributed by atoms with Gasteiger partial charge < -0.3 is 19.5 Å². The molecule has 1 N–H and O–H groups in total. The summed E-state index contributed by atoms with van der Waals surface area (Å²) >= 11 is 6.59. The van der Waals surface area contributed by atoms with Gasteiger partial charge in [-0.05, 0) is 56.7 Å². The van der Waals surface area contributed by atoms with E-state index < -0.39 is 5.60 Å². The third-order valence-electron chi connectivity index (χ3n) is 7.42. The van der Waals surface area contributed by atoms with E-state index in [1.807, 2.05) is 43.3 Å². The smallest absolute Gasteiger partial charge is 0.209 e. The first-order valence-electron chi connectivity index (χ1n) is 13.4. The third kappa shape index (κ3) is 7.71. The van der Waals surface area contributed by atoms with E-state index >= 15 is 0 Å². The van der Waals surface area contributed by atoms with Crippen molar-refractivity contribution in [3.8, 4) is 11.5 Å². The van der Waals surface area contributed by atoms with Crippen molar-refractivity contribution in [2.24, 2.45) is 5.92 Å². The van der Waals surface area contributed by atoms with E-state index in [0.29, 0.717) is 41.7 Å². The second-order valence-electron chi connectivity index (χ2n) is 10.1. The molecular weight excluding hydrogens is 474 g/mol. The Morgan fingerprint density at radius 3 is 2.44 bits per heavy atom. The van der Waals surface area contributed by atoms with Crippen LogP contribution in [0.15, 0.2) is 42.5 Å². The summed E-state index contributed by atoms with van der Waals surface area (Å²) in [7, 11) is 1.68. The van der Waals surface area contributed by atoms with E-state index in [9.17, 15) is 9.90 Å².